The quantitative estimate of drug-likeness (QED) is 0.646. The van der Waals surface area contributed by atoms with Crippen LogP contribution in [0.3, 0.4) is 0 Å². The minimum Gasteiger partial charge on any atom is -0.311 e. The van der Waals surface area contributed by atoms with Crippen molar-refractivity contribution in [3.63, 3.8) is 0 Å². The Labute approximate surface area is 134 Å². The molecule has 0 aromatic carbocycles. The summed E-state index contributed by atoms with van der Waals surface area (Å²) in [6, 6.07) is 1.96. The van der Waals surface area contributed by atoms with Gasteiger partial charge in [0.25, 0.3) is 0 Å². The fraction of sp³-hybridized carbons (Fsp3) is 0.308. The maximum absolute atomic E-state index is 6.24. The third-order valence-corrected chi connectivity index (χ3v) is 4.28. The van der Waals surface area contributed by atoms with Gasteiger partial charge in [-0.3, -0.25) is 0 Å². The Balaban J connectivity index is 2.00. The summed E-state index contributed by atoms with van der Waals surface area (Å²) in [5, 5.41) is 1.91. The number of aryl methyl sites for hydroxylation is 2. The minimum atomic E-state index is -0.154. The van der Waals surface area contributed by atoms with Crippen LogP contribution in [-0.2, 0) is 13.0 Å². The Bertz CT molecular complexity index is 723. The second-order valence-corrected chi connectivity index (χ2v) is 6.75. The van der Waals surface area contributed by atoms with Gasteiger partial charge >= 0.3 is 0 Å². The molecule has 0 saturated carbocycles. The van der Waals surface area contributed by atoms with E-state index in [0.29, 0.717) is 0 Å². The van der Waals surface area contributed by atoms with Crippen molar-refractivity contribution in [3.8, 4) is 0 Å². The molecule has 0 bridgehead atoms. The van der Waals surface area contributed by atoms with E-state index in [2.05, 4.69) is 40.8 Å². The lowest BCUT2D eigenvalue weighted by Crippen LogP contribution is -2.07. The largest absolute Gasteiger partial charge is 0.311 e. The summed E-state index contributed by atoms with van der Waals surface area (Å²) in [5.74, 6) is 0.850. The number of rotatable bonds is 4. The fourth-order valence-corrected chi connectivity index (χ4v) is 3.19. The molecule has 3 heterocycles. The Morgan fingerprint density at radius 1 is 1.45 bits per heavy atom. The van der Waals surface area contributed by atoms with Crippen LogP contribution in [-0.4, -0.2) is 19.5 Å². The van der Waals surface area contributed by atoms with E-state index in [1.165, 1.54) is 0 Å². The number of aromatic nitrogens is 4. The number of nitrogens with zero attached hydrogens (tertiary/aromatic N) is 4. The zero-order valence-electron chi connectivity index (χ0n) is 10.8. The van der Waals surface area contributed by atoms with E-state index >= 15 is 0 Å². The molecule has 3 aromatic rings. The zero-order valence-corrected chi connectivity index (χ0v) is 13.9. The molecule has 0 N–H and O–H groups in total. The van der Waals surface area contributed by atoms with E-state index in [1.807, 2.05) is 18.5 Å². The van der Waals surface area contributed by atoms with Crippen LogP contribution >= 0.6 is 38.9 Å². The predicted octanol–water partition coefficient (Wildman–Crippen LogP) is 4.19. The van der Waals surface area contributed by atoms with Crippen molar-refractivity contribution < 1.29 is 0 Å². The van der Waals surface area contributed by atoms with Crippen molar-refractivity contribution in [3.05, 3.63) is 39.1 Å². The van der Waals surface area contributed by atoms with Crippen molar-refractivity contribution >= 4 is 50.0 Å². The molecule has 0 aliphatic rings. The molecular formula is C13H12BrClN4S. The minimum absolute atomic E-state index is 0.154. The van der Waals surface area contributed by atoms with Gasteiger partial charge in [-0.2, -0.15) is 0 Å². The van der Waals surface area contributed by atoms with Gasteiger partial charge in [0, 0.05) is 29.0 Å². The summed E-state index contributed by atoms with van der Waals surface area (Å²) >= 11 is 11.3. The topological polar surface area (TPSA) is 43.6 Å². The number of pyridine rings is 1. The third-order valence-electron chi connectivity index (χ3n) is 3.01. The first-order chi connectivity index (χ1) is 9.65. The SMILES string of the molecule is CC(Cl)c1nc2cc(Br)cnc2n1CCc1cscn1. The first kappa shape index (κ1) is 14.0. The highest BCUT2D eigenvalue weighted by Gasteiger charge is 2.16. The average Bonchev–Trinajstić information content (AvgIpc) is 3.02. The van der Waals surface area contributed by atoms with Crippen molar-refractivity contribution in [2.24, 2.45) is 0 Å². The van der Waals surface area contributed by atoms with Crippen LogP contribution in [0.1, 0.15) is 23.8 Å². The van der Waals surface area contributed by atoms with Crippen LogP contribution in [0.25, 0.3) is 11.2 Å². The highest BCUT2D eigenvalue weighted by molar-refractivity contribution is 9.10. The maximum atomic E-state index is 6.24. The van der Waals surface area contributed by atoms with Gasteiger partial charge in [-0.05, 0) is 28.9 Å². The van der Waals surface area contributed by atoms with Gasteiger partial charge in [-0.25, -0.2) is 15.0 Å². The highest BCUT2D eigenvalue weighted by atomic mass is 79.9. The van der Waals surface area contributed by atoms with E-state index in [9.17, 15) is 0 Å². The number of thiazole rings is 1. The number of alkyl halides is 1. The number of imidazole rings is 1. The standard InChI is InChI=1S/C13H12BrClN4S/c1-8(15)12-18-11-4-9(14)5-16-13(11)19(12)3-2-10-6-20-7-17-10/h4-8H,2-3H2,1H3. The molecule has 0 aliphatic carbocycles. The van der Waals surface area contributed by atoms with Crippen molar-refractivity contribution in [2.75, 3.05) is 0 Å². The van der Waals surface area contributed by atoms with Crippen LogP contribution in [0.15, 0.2) is 27.6 Å². The summed E-state index contributed by atoms with van der Waals surface area (Å²) in [6.07, 6.45) is 2.63. The molecule has 0 fully saturated rings. The summed E-state index contributed by atoms with van der Waals surface area (Å²) in [7, 11) is 0. The second kappa shape index (κ2) is 5.79. The lowest BCUT2D eigenvalue weighted by atomic mass is 10.3. The van der Waals surface area contributed by atoms with Crippen molar-refractivity contribution in [1.82, 2.24) is 19.5 Å². The molecule has 0 saturated heterocycles. The summed E-state index contributed by atoms with van der Waals surface area (Å²) < 4.78 is 3.00. The van der Waals surface area contributed by atoms with Crippen LogP contribution in [0.5, 0.6) is 0 Å². The predicted molar refractivity (Wildman–Crippen MR) is 85.3 cm³/mol. The molecule has 0 spiro atoms. The Kier molecular flexibility index (Phi) is 4.05. The molecule has 4 nitrogen and oxygen atoms in total. The van der Waals surface area contributed by atoms with Gasteiger partial charge in [0.15, 0.2) is 5.65 Å². The molecule has 0 aliphatic heterocycles. The van der Waals surface area contributed by atoms with Gasteiger partial charge in [0.2, 0.25) is 0 Å². The lowest BCUT2D eigenvalue weighted by molar-refractivity contribution is 0.657. The molecule has 104 valence electrons. The molecule has 7 heteroatoms. The molecule has 3 aromatic heterocycles. The Hall–Kier alpha value is -0.980. The molecule has 1 unspecified atom stereocenters. The first-order valence-corrected chi connectivity index (χ1v) is 8.35. The number of fused-ring (bicyclic) bond motifs is 1. The molecule has 1 atom stereocenters. The van der Waals surface area contributed by atoms with E-state index in [4.69, 9.17) is 11.6 Å². The smallest absolute Gasteiger partial charge is 0.160 e. The van der Waals surface area contributed by atoms with Gasteiger partial charge < -0.3 is 4.57 Å². The molecular weight excluding hydrogens is 360 g/mol. The van der Waals surface area contributed by atoms with E-state index in [0.717, 1.165) is 40.1 Å². The van der Waals surface area contributed by atoms with Crippen molar-refractivity contribution in [2.45, 2.75) is 25.3 Å². The zero-order chi connectivity index (χ0) is 14.1. The van der Waals surface area contributed by atoms with Gasteiger partial charge in [-0.1, -0.05) is 0 Å². The summed E-state index contributed by atoms with van der Waals surface area (Å²) in [6.45, 7) is 2.71. The van der Waals surface area contributed by atoms with E-state index < -0.39 is 0 Å². The fourth-order valence-electron chi connectivity index (χ4n) is 2.12. The average molecular weight is 372 g/mol. The highest BCUT2D eigenvalue weighted by Crippen LogP contribution is 2.25. The van der Waals surface area contributed by atoms with E-state index in [1.54, 1.807) is 17.5 Å². The molecule has 3 rings (SSSR count). The van der Waals surface area contributed by atoms with Crippen LogP contribution in [0, 0.1) is 0 Å². The molecule has 0 amide bonds. The van der Waals surface area contributed by atoms with Crippen molar-refractivity contribution in [1.29, 1.82) is 0 Å². The third kappa shape index (κ3) is 2.73. The van der Waals surface area contributed by atoms with Crippen LogP contribution in [0.2, 0.25) is 0 Å². The Morgan fingerprint density at radius 3 is 3.00 bits per heavy atom. The second-order valence-electron chi connectivity index (χ2n) is 4.46. The van der Waals surface area contributed by atoms with Crippen LogP contribution < -0.4 is 0 Å². The van der Waals surface area contributed by atoms with Crippen LogP contribution in [0.4, 0.5) is 0 Å². The Morgan fingerprint density at radius 2 is 2.30 bits per heavy atom. The number of hydrogen-bond acceptors (Lipinski definition) is 4. The number of hydrogen-bond donors (Lipinski definition) is 0. The summed E-state index contributed by atoms with van der Waals surface area (Å²) in [5.41, 5.74) is 4.66. The summed E-state index contributed by atoms with van der Waals surface area (Å²) in [4.78, 5) is 13.4. The van der Waals surface area contributed by atoms with Gasteiger partial charge in [-0.15, -0.1) is 22.9 Å². The molecule has 20 heavy (non-hydrogen) atoms. The normalized spacial score (nSPS) is 12.9. The number of halogens is 2. The van der Waals surface area contributed by atoms with E-state index in [-0.39, 0.29) is 5.38 Å². The first-order valence-electron chi connectivity index (χ1n) is 6.18. The monoisotopic (exact) mass is 370 g/mol. The van der Waals surface area contributed by atoms with Gasteiger partial charge in [0.1, 0.15) is 11.3 Å². The lowest BCUT2D eigenvalue weighted by Gasteiger charge is -2.08. The molecule has 0 radical (unpaired) electrons. The maximum Gasteiger partial charge on any atom is 0.160 e. The van der Waals surface area contributed by atoms with Gasteiger partial charge in [0.05, 0.1) is 16.6 Å².